The third-order valence-electron chi connectivity index (χ3n) is 2.68. The normalized spacial score (nSPS) is 10.2. The summed E-state index contributed by atoms with van der Waals surface area (Å²) in [5.41, 5.74) is 8.11. The fourth-order valence-corrected chi connectivity index (χ4v) is 1.71. The van der Waals surface area contributed by atoms with Gasteiger partial charge in [-0.1, -0.05) is 17.3 Å². The first kappa shape index (κ1) is 11.9. The second-order valence-corrected chi connectivity index (χ2v) is 4.09. The van der Waals surface area contributed by atoms with Crippen LogP contribution in [0.15, 0.2) is 47.1 Å². The number of hydrogen-bond acceptors (Lipinski definition) is 6. The lowest BCUT2D eigenvalue weighted by Gasteiger charge is -1.95. The summed E-state index contributed by atoms with van der Waals surface area (Å²) in [6.45, 7) is 0. The predicted octanol–water partition coefficient (Wildman–Crippen LogP) is 2.25. The molecule has 0 aliphatic rings. The van der Waals surface area contributed by atoms with Crippen LogP contribution in [0.3, 0.4) is 0 Å². The van der Waals surface area contributed by atoms with E-state index in [1.165, 1.54) is 6.20 Å². The van der Waals surface area contributed by atoms with Gasteiger partial charge in [-0.05, 0) is 24.3 Å². The molecule has 2 N–H and O–H groups in total. The van der Waals surface area contributed by atoms with Crippen molar-refractivity contribution in [1.82, 2.24) is 15.1 Å². The fourth-order valence-electron chi connectivity index (χ4n) is 1.71. The molecule has 6 heteroatoms. The Kier molecular flexibility index (Phi) is 2.86. The van der Waals surface area contributed by atoms with Crippen LogP contribution < -0.4 is 5.73 Å². The van der Waals surface area contributed by atoms with E-state index in [1.54, 1.807) is 24.3 Å². The van der Waals surface area contributed by atoms with Gasteiger partial charge in [-0.3, -0.25) is 0 Å². The van der Waals surface area contributed by atoms with Crippen molar-refractivity contribution in [3.8, 4) is 29.0 Å². The highest BCUT2D eigenvalue weighted by Crippen LogP contribution is 2.22. The van der Waals surface area contributed by atoms with Crippen LogP contribution in [0, 0.1) is 11.3 Å². The number of nitrogens with zero attached hydrogens (tertiary/aromatic N) is 4. The van der Waals surface area contributed by atoms with Gasteiger partial charge in [0.1, 0.15) is 11.8 Å². The Hall–Kier alpha value is -3.20. The summed E-state index contributed by atoms with van der Waals surface area (Å²) < 4.78 is 5.17. The van der Waals surface area contributed by atoms with Crippen LogP contribution in [0.2, 0.25) is 0 Å². The fraction of sp³-hybridized carbons (Fsp3) is 0. The lowest BCUT2D eigenvalue weighted by Crippen LogP contribution is -1.87. The monoisotopic (exact) mass is 263 g/mol. The van der Waals surface area contributed by atoms with Crippen molar-refractivity contribution < 1.29 is 4.52 Å². The quantitative estimate of drug-likeness (QED) is 0.711. The molecule has 0 amide bonds. The minimum absolute atomic E-state index is 0.298. The van der Waals surface area contributed by atoms with Crippen LogP contribution >= 0.6 is 0 Å². The molecule has 2 aromatic heterocycles. The molecule has 0 saturated carbocycles. The third kappa shape index (κ3) is 2.20. The molecular weight excluding hydrogens is 254 g/mol. The van der Waals surface area contributed by atoms with Crippen LogP contribution in [0.5, 0.6) is 0 Å². The maximum absolute atomic E-state index is 8.72. The molecule has 0 saturated heterocycles. The SMILES string of the molecule is N#Cc1ccc(-c2nc(-c3cccc(N)c3)no2)nc1. The number of rotatable bonds is 2. The molecule has 96 valence electrons. The molecule has 3 aromatic rings. The van der Waals surface area contributed by atoms with Gasteiger partial charge in [0.05, 0.1) is 5.56 Å². The van der Waals surface area contributed by atoms with Crippen molar-refractivity contribution in [1.29, 1.82) is 5.26 Å². The van der Waals surface area contributed by atoms with E-state index in [9.17, 15) is 0 Å². The highest BCUT2D eigenvalue weighted by Gasteiger charge is 2.11. The zero-order chi connectivity index (χ0) is 13.9. The smallest absolute Gasteiger partial charge is 0.276 e. The Morgan fingerprint density at radius 3 is 2.80 bits per heavy atom. The van der Waals surface area contributed by atoms with Crippen molar-refractivity contribution in [2.45, 2.75) is 0 Å². The van der Waals surface area contributed by atoms with Crippen molar-refractivity contribution >= 4 is 5.69 Å². The number of nitriles is 1. The molecule has 0 bridgehead atoms. The number of nitrogen functional groups attached to an aromatic ring is 1. The van der Waals surface area contributed by atoms with E-state index in [2.05, 4.69) is 15.1 Å². The number of hydrogen-bond donors (Lipinski definition) is 1. The van der Waals surface area contributed by atoms with Gasteiger partial charge < -0.3 is 10.3 Å². The van der Waals surface area contributed by atoms with Crippen LogP contribution in [0.25, 0.3) is 23.0 Å². The highest BCUT2D eigenvalue weighted by molar-refractivity contribution is 5.62. The summed E-state index contributed by atoms with van der Waals surface area (Å²) in [5, 5.41) is 12.6. The van der Waals surface area contributed by atoms with E-state index in [1.807, 2.05) is 18.2 Å². The summed E-state index contributed by atoms with van der Waals surface area (Å²) >= 11 is 0. The summed E-state index contributed by atoms with van der Waals surface area (Å²) in [4.78, 5) is 8.37. The van der Waals surface area contributed by atoms with Gasteiger partial charge in [0.15, 0.2) is 0 Å². The summed E-state index contributed by atoms with van der Waals surface area (Å²) in [5.74, 6) is 0.741. The Labute approximate surface area is 114 Å². The van der Waals surface area contributed by atoms with Crippen LogP contribution in [0.1, 0.15) is 5.56 Å². The Morgan fingerprint density at radius 1 is 1.20 bits per heavy atom. The molecule has 0 radical (unpaired) electrons. The second kappa shape index (κ2) is 4.82. The summed E-state index contributed by atoms with van der Waals surface area (Å²) in [7, 11) is 0. The molecule has 0 spiro atoms. The number of nitrogens with two attached hydrogens (primary N) is 1. The first-order valence-corrected chi connectivity index (χ1v) is 5.82. The largest absolute Gasteiger partial charge is 0.399 e. The maximum Gasteiger partial charge on any atom is 0.276 e. The first-order valence-electron chi connectivity index (χ1n) is 5.82. The van der Waals surface area contributed by atoms with Gasteiger partial charge in [0, 0.05) is 17.4 Å². The lowest BCUT2D eigenvalue weighted by atomic mass is 10.2. The van der Waals surface area contributed by atoms with E-state index in [-0.39, 0.29) is 0 Å². The average molecular weight is 263 g/mol. The van der Waals surface area contributed by atoms with Gasteiger partial charge in [-0.25, -0.2) is 4.98 Å². The second-order valence-electron chi connectivity index (χ2n) is 4.09. The van der Waals surface area contributed by atoms with E-state index in [4.69, 9.17) is 15.5 Å². The molecule has 3 rings (SSSR count). The Bertz CT molecular complexity index is 786. The Morgan fingerprint density at radius 2 is 2.10 bits per heavy atom. The number of anilines is 1. The van der Waals surface area contributed by atoms with Gasteiger partial charge in [-0.15, -0.1) is 0 Å². The van der Waals surface area contributed by atoms with Gasteiger partial charge in [0.2, 0.25) is 5.82 Å². The molecule has 0 aliphatic heterocycles. The van der Waals surface area contributed by atoms with Crippen molar-refractivity contribution in [2.24, 2.45) is 0 Å². The van der Waals surface area contributed by atoms with E-state index >= 15 is 0 Å². The molecule has 6 nitrogen and oxygen atoms in total. The molecule has 20 heavy (non-hydrogen) atoms. The first-order chi connectivity index (χ1) is 9.76. The highest BCUT2D eigenvalue weighted by atomic mass is 16.5. The van der Waals surface area contributed by atoms with E-state index in [0.717, 1.165) is 5.56 Å². The van der Waals surface area contributed by atoms with Crippen molar-refractivity contribution in [3.05, 3.63) is 48.2 Å². The molecular formula is C14H9N5O. The van der Waals surface area contributed by atoms with Crippen molar-refractivity contribution in [2.75, 3.05) is 5.73 Å². The van der Waals surface area contributed by atoms with Crippen LogP contribution in [-0.4, -0.2) is 15.1 Å². The third-order valence-corrected chi connectivity index (χ3v) is 2.68. The standard InChI is InChI=1S/C14H9N5O/c15-7-9-4-5-12(17-8-9)14-18-13(19-20-14)10-2-1-3-11(16)6-10/h1-6,8H,16H2. The number of benzene rings is 1. The number of pyridine rings is 1. The molecule has 0 fully saturated rings. The Balaban J connectivity index is 1.95. The van der Waals surface area contributed by atoms with Crippen LogP contribution in [0.4, 0.5) is 5.69 Å². The average Bonchev–Trinajstić information content (AvgIpc) is 2.97. The van der Waals surface area contributed by atoms with Gasteiger partial charge >= 0.3 is 0 Å². The summed E-state index contributed by atoms with van der Waals surface area (Å²) in [6.07, 6.45) is 1.46. The van der Waals surface area contributed by atoms with Crippen LogP contribution in [-0.2, 0) is 0 Å². The topological polar surface area (TPSA) is 102 Å². The van der Waals surface area contributed by atoms with Gasteiger partial charge in [-0.2, -0.15) is 10.2 Å². The van der Waals surface area contributed by atoms with E-state index in [0.29, 0.717) is 28.7 Å². The van der Waals surface area contributed by atoms with E-state index < -0.39 is 0 Å². The zero-order valence-electron chi connectivity index (χ0n) is 10.3. The molecule has 1 aromatic carbocycles. The minimum Gasteiger partial charge on any atom is -0.399 e. The molecule has 2 heterocycles. The number of aromatic nitrogens is 3. The van der Waals surface area contributed by atoms with Gasteiger partial charge in [0.25, 0.3) is 5.89 Å². The maximum atomic E-state index is 8.72. The molecule has 0 atom stereocenters. The molecule has 0 aliphatic carbocycles. The molecule has 0 unspecified atom stereocenters. The summed E-state index contributed by atoms with van der Waals surface area (Å²) in [6, 6.07) is 12.5. The van der Waals surface area contributed by atoms with Crippen molar-refractivity contribution in [3.63, 3.8) is 0 Å². The predicted molar refractivity (Wildman–Crippen MR) is 72.1 cm³/mol. The zero-order valence-corrected chi connectivity index (χ0v) is 10.3. The minimum atomic E-state index is 0.298. The lowest BCUT2D eigenvalue weighted by molar-refractivity contribution is 0.431.